The molecular formula is C20H21FN2O. The molecule has 0 saturated carbocycles. The van der Waals surface area contributed by atoms with E-state index in [-0.39, 0.29) is 11.5 Å². The molecule has 0 radical (unpaired) electrons. The largest absolute Gasteiger partial charge is 0.352 e. The van der Waals surface area contributed by atoms with Crippen LogP contribution in [0.4, 0.5) is 4.39 Å². The number of halogens is 1. The van der Waals surface area contributed by atoms with Crippen LogP contribution in [-0.2, 0) is 6.42 Å². The summed E-state index contributed by atoms with van der Waals surface area (Å²) in [5, 5.41) is 4.00. The van der Waals surface area contributed by atoms with E-state index in [0.29, 0.717) is 19.0 Å². The van der Waals surface area contributed by atoms with E-state index >= 15 is 0 Å². The molecule has 1 N–H and O–H groups in total. The summed E-state index contributed by atoms with van der Waals surface area (Å²) < 4.78 is 15.9. The topological polar surface area (TPSA) is 34.0 Å². The fraction of sp³-hybridized carbons (Fsp3) is 0.250. The summed E-state index contributed by atoms with van der Waals surface area (Å²) in [5.74, 6) is -0.868. The maximum Gasteiger partial charge on any atom is 0.254 e. The minimum absolute atomic E-state index is 0.0853. The van der Waals surface area contributed by atoms with Crippen molar-refractivity contribution in [2.45, 2.75) is 26.3 Å². The zero-order chi connectivity index (χ0) is 17.1. The maximum atomic E-state index is 13.6. The van der Waals surface area contributed by atoms with Crippen molar-refractivity contribution in [1.82, 2.24) is 9.88 Å². The number of carbonyl (C=O) groups excluding carboxylic acids is 1. The molecule has 1 heterocycles. The van der Waals surface area contributed by atoms with Gasteiger partial charge in [0.1, 0.15) is 5.82 Å². The lowest BCUT2D eigenvalue weighted by atomic mass is 10.1. The second-order valence-corrected chi connectivity index (χ2v) is 6.16. The number of rotatable bonds is 5. The summed E-state index contributed by atoms with van der Waals surface area (Å²) in [6.07, 6.45) is 2.85. The first-order chi connectivity index (χ1) is 11.6. The molecule has 3 nitrogen and oxygen atoms in total. The van der Waals surface area contributed by atoms with E-state index in [1.807, 2.05) is 12.1 Å². The molecule has 1 amide bonds. The number of nitrogens with zero attached hydrogens (tertiary/aromatic N) is 1. The Morgan fingerprint density at radius 3 is 2.58 bits per heavy atom. The molecule has 0 bridgehead atoms. The number of hydrogen-bond acceptors (Lipinski definition) is 1. The average Bonchev–Trinajstić information content (AvgIpc) is 2.94. The van der Waals surface area contributed by atoms with Gasteiger partial charge in [-0.15, -0.1) is 0 Å². The SMILES string of the molecule is CC(C)n1cc(CCNC(=O)c2ccccc2F)c2ccccc21. The molecule has 0 aliphatic rings. The summed E-state index contributed by atoms with van der Waals surface area (Å²) in [5.41, 5.74) is 2.47. The number of benzene rings is 2. The van der Waals surface area contributed by atoms with Crippen LogP contribution in [0.1, 0.15) is 35.8 Å². The van der Waals surface area contributed by atoms with Crippen molar-refractivity contribution >= 4 is 16.8 Å². The van der Waals surface area contributed by atoms with E-state index in [2.05, 4.69) is 42.1 Å². The number of aromatic nitrogens is 1. The summed E-state index contributed by atoms with van der Waals surface area (Å²) in [4.78, 5) is 12.1. The Morgan fingerprint density at radius 2 is 1.83 bits per heavy atom. The van der Waals surface area contributed by atoms with Crippen LogP contribution in [0, 0.1) is 5.82 Å². The molecule has 3 rings (SSSR count). The van der Waals surface area contributed by atoms with Crippen LogP contribution >= 0.6 is 0 Å². The first-order valence-electron chi connectivity index (χ1n) is 8.19. The third kappa shape index (κ3) is 3.18. The van der Waals surface area contributed by atoms with Crippen LogP contribution in [-0.4, -0.2) is 17.0 Å². The lowest BCUT2D eigenvalue weighted by molar-refractivity contribution is 0.0950. The van der Waals surface area contributed by atoms with Crippen LogP contribution in [0.5, 0.6) is 0 Å². The van der Waals surface area contributed by atoms with E-state index in [1.54, 1.807) is 12.1 Å². The highest BCUT2D eigenvalue weighted by Crippen LogP contribution is 2.24. The van der Waals surface area contributed by atoms with Gasteiger partial charge in [0.05, 0.1) is 5.56 Å². The van der Waals surface area contributed by atoms with Crippen molar-refractivity contribution in [1.29, 1.82) is 0 Å². The Bertz CT molecular complexity index is 867. The summed E-state index contributed by atoms with van der Waals surface area (Å²) in [7, 11) is 0. The summed E-state index contributed by atoms with van der Waals surface area (Å²) >= 11 is 0. The van der Waals surface area contributed by atoms with Crippen LogP contribution < -0.4 is 5.32 Å². The molecule has 24 heavy (non-hydrogen) atoms. The summed E-state index contributed by atoms with van der Waals surface area (Å²) in [6, 6.07) is 14.7. The van der Waals surface area contributed by atoms with Gasteiger partial charge in [-0.05, 0) is 44.0 Å². The van der Waals surface area contributed by atoms with Gasteiger partial charge < -0.3 is 9.88 Å². The van der Waals surface area contributed by atoms with Gasteiger partial charge in [-0.2, -0.15) is 0 Å². The second kappa shape index (κ2) is 6.87. The highest BCUT2D eigenvalue weighted by Gasteiger charge is 2.12. The molecule has 0 fully saturated rings. The van der Waals surface area contributed by atoms with Gasteiger partial charge in [-0.1, -0.05) is 30.3 Å². The molecular weight excluding hydrogens is 303 g/mol. The van der Waals surface area contributed by atoms with Crippen molar-refractivity contribution in [3.05, 3.63) is 71.7 Å². The first-order valence-corrected chi connectivity index (χ1v) is 8.19. The van der Waals surface area contributed by atoms with Crippen molar-refractivity contribution < 1.29 is 9.18 Å². The van der Waals surface area contributed by atoms with Crippen LogP contribution in [0.15, 0.2) is 54.7 Å². The quantitative estimate of drug-likeness (QED) is 0.744. The fourth-order valence-corrected chi connectivity index (χ4v) is 2.96. The number of carbonyl (C=O) groups is 1. The number of hydrogen-bond donors (Lipinski definition) is 1. The Morgan fingerprint density at radius 1 is 1.12 bits per heavy atom. The number of fused-ring (bicyclic) bond motifs is 1. The highest BCUT2D eigenvalue weighted by molar-refractivity contribution is 5.94. The fourth-order valence-electron chi connectivity index (χ4n) is 2.96. The minimum atomic E-state index is -0.494. The molecule has 1 aromatic heterocycles. The molecule has 0 unspecified atom stereocenters. The Labute approximate surface area is 141 Å². The zero-order valence-electron chi connectivity index (χ0n) is 13.9. The Kier molecular flexibility index (Phi) is 4.65. The standard InChI is InChI=1S/C20H21FN2O/c1-14(2)23-13-15(16-7-4-6-10-19(16)23)11-12-22-20(24)17-8-3-5-9-18(17)21/h3-10,13-14H,11-12H2,1-2H3,(H,22,24). The molecule has 0 spiro atoms. The maximum absolute atomic E-state index is 13.6. The molecule has 0 aliphatic heterocycles. The Balaban J connectivity index is 1.73. The lowest BCUT2D eigenvalue weighted by Gasteiger charge is -2.08. The third-order valence-corrected chi connectivity index (χ3v) is 4.18. The van der Waals surface area contributed by atoms with Gasteiger partial charge in [0.2, 0.25) is 0 Å². The van der Waals surface area contributed by atoms with Crippen molar-refractivity contribution in [3.8, 4) is 0 Å². The van der Waals surface area contributed by atoms with Gasteiger partial charge in [0.15, 0.2) is 0 Å². The monoisotopic (exact) mass is 324 g/mol. The van der Waals surface area contributed by atoms with E-state index in [0.717, 1.165) is 0 Å². The molecule has 3 aromatic rings. The number of para-hydroxylation sites is 1. The minimum Gasteiger partial charge on any atom is -0.352 e. The van der Waals surface area contributed by atoms with Gasteiger partial charge in [0.25, 0.3) is 5.91 Å². The van der Waals surface area contributed by atoms with E-state index in [1.165, 1.54) is 28.6 Å². The second-order valence-electron chi connectivity index (χ2n) is 6.16. The van der Waals surface area contributed by atoms with Crippen LogP contribution in [0.3, 0.4) is 0 Å². The predicted octanol–water partition coefficient (Wildman–Crippen LogP) is 4.33. The van der Waals surface area contributed by atoms with Gasteiger partial charge in [-0.3, -0.25) is 4.79 Å². The van der Waals surface area contributed by atoms with Crippen molar-refractivity contribution in [3.63, 3.8) is 0 Å². The lowest BCUT2D eigenvalue weighted by Crippen LogP contribution is -2.26. The normalized spacial score (nSPS) is 11.2. The van der Waals surface area contributed by atoms with Crippen molar-refractivity contribution in [2.75, 3.05) is 6.54 Å². The van der Waals surface area contributed by atoms with Crippen LogP contribution in [0.25, 0.3) is 10.9 Å². The summed E-state index contributed by atoms with van der Waals surface area (Å²) in [6.45, 7) is 4.77. The first kappa shape index (κ1) is 16.2. The van der Waals surface area contributed by atoms with Crippen LogP contribution in [0.2, 0.25) is 0 Å². The Hall–Kier alpha value is -2.62. The molecule has 0 atom stereocenters. The zero-order valence-corrected chi connectivity index (χ0v) is 13.9. The molecule has 4 heteroatoms. The average molecular weight is 324 g/mol. The van der Waals surface area contributed by atoms with E-state index < -0.39 is 5.82 Å². The van der Waals surface area contributed by atoms with E-state index in [4.69, 9.17) is 0 Å². The van der Waals surface area contributed by atoms with Gasteiger partial charge in [0, 0.05) is 29.7 Å². The molecule has 2 aromatic carbocycles. The molecule has 124 valence electrons. The third-order valence-electron chi connectivity index (χ3n) is 4.18. The van der Waals surface area contributed by atoms with Gasteiger partial charge in [-0.25, -0.2) is 4.39 Å². The van der Waals surface area contributed by atoms with Crippen molar-refractivity contribution in [2.24, 2.45) is 0 Å². The smallest absolute Gasteiger partial charge is 0.254 e. The number of nitrogens with one attached hydrogen (secondary N) is 1. The van der Waals surface area contributed by atoms with E-state index in [9.17, 15) is 9.18 Å². The van der Waals surface area contributed by atoms with Gasteiger partial charge >= 0.3 is 0 Å². The molecule has 0 aliphatic carbocycles. The molecule has 0 saturated heterocycles. The number of amides is 1. The predicted molar refractivity (Wildman–Crippen MR) is 94.8 cm³/mol. The highest BCUT2D eigenvalue weighted by atomic mass is 19.1.